The van der Waals surface area contributed by atoms with E-state index in [1.54, 1.807) is 0 Å². The standard InChI is InChI=1S/C60H37NO2S/c1-4-14-53-49(9-1)50-36-29-43(37-56(50)63-53)40-21-19-38(20-22-40)39-23-30-44(31-24-39)61(45-32-25-41(26-33-45)47-12-7-16-55-59(47)51-10-2-5-15-54(51)62-55)46-34-27-42(28-35-46)48-13-8-18-58-60(48)52-11-3-6-17-57(52)64-58/h1-37H. The normalized spacial score (nSPS) is 11.8. The van der Waals surface area contributed by atoms with Crippen molar-refractivity contribution < 1.29 is 8.83 Å². The summed E-state index contributed by atoms with van der Waals surface area (Å²) in [5.74, 6) is 0. The summed E-state index contributed by atoms with van der Waals surface area (Å²) < 4.78 is 15.1. The van der Waals surface area contributed by atoms with Crippen molar-refractivity contribution in [1.29, 1.82) is 0 Å². The first-order valence-corrected chi connectivity index (χ1v) is 22.5. The lowest BCUT2D eigenvalue weighted by atomic mass is 9.98. The number of nitrogens with zero attached hydrogens (tertiary/aromatic N) is 1. The number of hydrogen-bond acceptors (Lipinski definition) is 4. The van der Waals surface area contributed by atoms with Crippen LogP contribution in [0.5, 0.6) is 0 Å². The number of anilines is 3. The number of benzene rings is 10. The average Bonchev–Trinajstić information content (AvgIpc) is 4.06. The van der Waals surface area contributed by atoms with E-state index in [9.17, 15) is 0 Å². The van der Waals surface area contributed by atoms with E-state index in [2.05, 4.69) is 205 Å². The van der Waals surface area contributed by atoms with Gasteiger partial charge in [-0.2, -0.15) is 0 Å². The van der Waals surface area contributed by atoms with Crippen LogP contribution in [0.2, 0.25) is 0 Å². The van der Waals surface area contributed by atoms with E-state index < -0.39 is 0 Å². The van der Waals surface area contributed by atoms with Gasteiger partial charge in [0.25, 0.3) is 0 Å². The van der Waals surface area contributed by atoms with Gasteiger partial charge in [-0.15, -0.1) is 11.3 Å². The molecule has 0 saturated carbocycles. The molecule has 3 heterocycles. The van der Waals surface area contributed by atoms with Crippen LogP contribution in [-0.4, -0.2) is 0 Å². The van der Waals surface area contributed by atoms with Crippen molar-refractivity contribution in [2.24, 2.45) is 0 Å². The third-order valence-electron chi connectivity index (χ3n) is 12.7. The molecule has 0 bridgehead atoms. The molecule has 3 aromatic heterocycles. The van der Waals surface area contributed by atoms with Crippen LogP contribution < -0.4 is 4.90 Å². The summed E-state index contributed by atoms with van der Waals surface area (Å²) >= 11 is 1.86. The topological polar surface area (TPSA) is 29.5 Å². The van der Waals surface area contributed by atoms with Crippen molar-refractivity contribution in [3.63, 3.8) is 0 Å². The Bertz CT molecular complexity index is 3720. The largest absolute Gasteiger partial charge is 0.456 e. The number of hydrogen-bond donors (Lipinski definition) is 0. The van der Waals surface area contributed by atoms with E-state index in [0.29, 0.717) is 0 Å². The van der Waals surface area contributed by atoms with Crippen LogP contribution in [0.3, 0.4) is 0 Å². The number of thiophene rings is 1. The molecule has 13 aromatic rings. The Balaban J connectivity index is 0.859. The molecule has 0 fully saturated rings. The van der Waals surface area contributed by atoms with Crippen molar-refractivity contribution in [2.75, 3.05) is 4.90 Å². The summed E-state index contributed by atoms with van der Waals surface area (Å²) in [4.78, 5) is 2.35. The van der Waals surface area contributed by atoms with Gasteiger partial charge < -0.3 is 13.7 Å². The molecule has 0 aliphatic heterocycles. The molecule has 10 aromatic carbocycles. The fourth-order valence-corrected chi connectivity index (χ4v) is 10.8. The van der Waals surface area contributed by atoms with Gasteiger partial charge in [0.15, 0.2) is 0 Å². The summed E-state index contributed by atoms with van der Waals surface area (Å²) in [5, 5.41) is 7.18. The quantitative estimate of drug-likeness (QED) is 0.160. The van der Waals surface area contributed by atoms with Crippen LogP contribution in [0.15, 0.2) is 233 Å². The summed E-state index contributed by atoms with van der Waals surface area (Å²) in [6, 6.07) is 80.5. The molecule has 3 nitrogen and oxygen atoms in total. The summed E-state index contributed by atoms with van der Waals surface area (Å²) in [6.45, 7) is 0. The van der Waals surface area contributed by atoms with Gasteiger partial charge in [0.1, 0.15) is 22.3 Å². The minimum Gasteiger partial charge on any atom is -0.456 e. The molecule has 0 spiro atoms. The maximum absolute atomic E-state index is 6.25. The van der Waals surface area contributed by atoms with Gasteiger partial charge in [0.2, 0.25) is 0 Å². The zero-order chi connectivity index (χ0) is 42.1. The number of furan rings is 2. The molecule has 0 N–H and O–H groups in total. The lowest BCUT2D eigenvalue weighted by molar-refractivity contribution is 0.668. The lowest BCUT2D eigenvalue weighted by Crippen LogP contribution is -2.09. The second-order valence-electron chi connectivity index (χ2n) is 16.4. The van der Waals surface area contributed by atoms with Crippen molar-refractivity contribution in [2.45, 2.75) is 0 Å². The Hall–Kier alpha value is -8.18. The monoisotopic (exact) mass is 835 g/mol. The van der Waals surface area contributed by atoms with Gasteiger partial charge in [-0.1, -0.05) is 146 Å². The minimum absolute atomic E-state index is 0.898. The van der Waals surface area contributed by atoms with E-state index in [0.717, 1.165) is 94.3 Å². The smallest absolute Gasteiger partial charge is 0.136 e. The van der Waals surface area contributed by atoms with E-state index in [-0.39, 0.29) is 0 Å². The molecule has 0 unspecified atom stereocenters. The van der Waals surface area contributed by atoms with Crippen LogP contribution in [0.25, 0.3) is 109 Å². The fraction of sp³-hybridized carbons (Fsp3) is 0. The van der Waals surface area contributed by atoms with Crippen LogP contribution in [0, 0.1) is 0 Å². The highest BCUT2D eigenvalue weighted by Crippen LogP contribution is 2.43. The first-order valence-electron chi connectivity index (χ1n) is 21.6. The van der Waals surface area contributed by atoms with Gasteiger partial charge in [-0.05, 0) is 123 Å². The van der Waals surface area contributed by atoms with Gasteiger partial charge in [0.05, 0.1) is 0 Å². The van der Waals surface area contributed by atoms with E-state index in [1.165, 1.54) is 31.3 Å². The Kier molecular flexibility index (Phi) is 8.40. The molecule has 0 amide bonds. The van der Waals surface area contributed by atoms with E-state index in [1.807, 2.05) is 35.6 Å². The average molecular weight is 836 g/mol. The number of para-hydroxylation sites is 2. The van der Waals surface area contributed by atoms with Crippen LogP contribution in [-0.2, 0) is 0 Å². The van der Waals surface area contributed by atoms with Gasteiger partial charge in [0, 0.05) is 58.8 Å². The lowest BCUT2D eigenvalue weighted by Gasteiger charge is -2.26. The maximum Gasteiger partial charge on any atom is 0.136 e. The molecule has 0 atom stereocenters. The predicted octanol–water partition coefficient (Wildman–Crippen LogP) is 18.0. The zero-order valence-corrected chi connectivity index (χ0v) is 35.4. The first kappa shape index (κ1) is 36.5. The Labute approximate surface area is 373 Å². The fourth-order valence-electron chi connectivity index (χ4n) is 9.62. The summed E-state index contributed by atoms with van der Waals surface area (Å²) in [6.07, 6.45) is 0. The second-order valence-corrected chi connectivity index (χ2v) is 17.5. The maximum atomic E-state index is 6.25. The number of rotatable bonds is 7. The molecule has 4 heteroatoms. The highest BCUT2D eigenvalue weighted by molar-refractivity contribution is 7.25. The molecule has 13 rings (SSSR count). The Morgan fingerprint density at radius 3 is 1.39 bits per heavy atom. The molecule has 0 aliphatic rings. The molecular weight excluding hydrogens is 799 g/mol. The van der Waals surface area contributed by atoms with Crippen LogP contribution >= 0.6 is 11.3 Å². The van der Waals surface area contributed by atoms with E-state index >= 15 is 0 Å². The zero-order valence-electron chi connectivity index (χ0n) is 34.5. The van der Waals surface area contributed by atoms with Crippen molar-refractivity contribution in [3.05, 3.63) is 224 Å². The van der Waals surface area contributed by atoms with Gasteiger partial charge >= 0.3 is 0 Å². The molecule has 300 valence electrons. The molecule has 64 heavy (non-hydrogen) atoms. The van der Waals surface area contributed by atoms with Crippen LogP contribution in [0.4, 0.5) is 17.1 Å². The Morgan fingerprint density at radius 1 is 0.281 bits per heavy atom. The third kappa shape index (κ3) is 6.03. The predicted molar refractivity (Wildman–Crippen MR) is 270 cm³/mol. The molecule has 0 aliphatic carbocycles. The minimum atomic E-state index is 0.898. The summed E-state index contributed by atoms with van der Waals surface area (Å²) in [5.41, 5.74) is 16.2. The highest BCUT2D eigenvalue weighted by atomic mass is 32.1. The Morgan fingerprint density at radius 2 is 0.719 bits per heavy atom. The third-order valence-corrected chi connectivity index (χ3v) is 13.9. The van der Waals surface area contributed by atoms with Gasteiger partial charge in [-0.25, -0.2) is 0 Å². The van der Waals surface area contributed by atoms with Crippen molar-refractivity contribution >= 4 is 92.4 Å². The highest BCUT2D eigenvalue weighted by Gasteiger charge is 2.18. The molecule has 0 saturated heterocycles. The van der Waals surface area contributed by atoms with Crippen molar-refractivity contribution in [1.82, 2.24) is 0 Å². The first-order chi connectivity index (χ1) is 31.7. The number of fused-ring (bicyclic) bond motifs is 9. The molecule has 0 radical (unpaired) electrons. The summed E-state index contributed by atoms with van der Waals surface area (Å²) in [7, 11) is 0. The van der Waals surface area contributed by atoms with Crippen LogP contribution in [0.1, 0.15) is 0 Å². The van der Waals surface area contributed by atoms with Gasteiger partial charge in [-0.3, -0.25) is 0 Å². The van der Waals surface area contributed by atoms with E-state index in [4.69, 9.17) is 8.83 Å². The van der Waals surface area contributed by atoms with Crippen molar-refractivity contribution in [3.8, 4) is 44.5 Å². The SMILES string of the molecule is c1ccc2c(c1)oc1cc(-c3ccc(-c4ccc(N(c5ccc(-c6cccc7oc8ccccc8c67)cc5)c5ccc(-c6cccc7sc8ccccc8c67)cc5)cc4)cc3)ccc12. The second kappa shape index (κ2) is 14.7. The molecular formula is C60H37NO2S.